The van der Waals surface area contributed by atoms with E-state index in [1.807, 2.05) is 18.2 Å². The van der Waals surface area contributed by atoms with Gasteiger partial charge in [-0.15, -0.1) is 11.8 Å². The highest BCUT2D eigenvalue weighted by Gasteiger charge is 2.35. The second kappa shape index (κ2) is 15.0. The van der Waals surface area contributed by atoms with Crippen LogP contribution in [-0.4, -0.2) is 110 Å². The number of benzene rings is 2. The van der Waals surface area contributed by atoms with E-state index in [1.165, 1.54) is 24.2 Å². The monoisotopic (exact) mass is 711 g/mol. The van der Waals surface area contributed by atoms with Gasteiger partial charge < -0.3 is 20.1 Å². The van der Waals surface area contributed by atoms with Gasteiger partial charge in [0.15, 0.2) is 5.65 Å². The number of amides is 1. The number of carbonyl (C=O) groups excluding carboxylic acids is 1. The van der Waals surface area contributed by atoms with Crippen molar-refractivity contribution in [1.29, 1.82) is 5.26 Å². The van der Waals surface area contributed by atoms with Crippen LogP contribution in [0.2, 0.25) is 0 Å². The topological polar surface area (TPSA) is 139 Å². The number of hydrogen-bond acceptors (Lipinski definition) is 11. The normalized spacial score (nSPS) is 19.5. The van der Waals surface area contributed by atoms with E-state index in [0.29, 0.717) is 60.2 Å². The summed E-state index contributed by atoms with van der Waals surface area (Å²) in [5.41, 5.74) is 7.35. The third kappa shape index (κ3) is 7.43. The van der Waals surface area contributed by atoms with Crippen LogP contribution in [0, 0.1) is 17.1 Å². The van der Waals surface area contributed by atoms with Crippen molar-refractivity contribution in [3.63, 3.8) is 0 Å². The minimum Gasteiger partial charge on any atom is -0.457 e. The summed E-state index contributed by atoms with van der Waals surface area (Å²) < 4.78 is 28.6. The molecule has 51 heavy (non-hydrogen) atoms. The Hall–Kier alpha value is -4.55. The first kappa shape index (κ1) is 34.9. The number of para-hydroxylation sites is 1. The molecule has 266 valence electrons. The Bertz CT molecular complexity index is 1950. The third-order valence-corrected chi connectivity index (χ3v) is 11.3. The van der Waals surface area contributed by atoms with E-state index in [2.05, 4.69) is 39.7 Å². The second-order valence-corrected chi connectivity index (χ2v) is 14.7. The third-order valence-electron chi connectivity index (χ3n) is 10.0. The lowest BCUT2D eigenvalue weighted by Gasteiger charge is -2.47. The maximum Gasteiger partial charge on any atom is 0.265 e. The molecule has 2 aromatic carbocycles. The first-order valence-corrected chi connectivity index (χ1v) is 18.4. The number of nitrogens with zero attached hydrogens (tertiary/aromatic N) is 8. The summed E-state index contributed by atoms with van der Waals surface area (Å²) in [7, 11) is 0. The predicted molar refractivity (Wildman–Crippen MR) is 194 cm³/mol. The molecule has 0 bridgehead atoms. The molecule has 7 rings (SSSR count). The van der Waals surface area contributed by atoms with Crippen LogP contribution in [-0.2, 0) is 9.53 Å². The Morgan fingerprint density at radius 3 is 2.59 bits per heavy atom. The molecule has 3 saturated heterocycles. The number of nitrogen functional groups attached to an aromatic ring is 1. The Morgan fingerprint density at radius 1 is 1.10 bits per heavy atom. The van der Waals surface area contributed by atoms with E-state index in [0.717, 1.165) is 45.1 Å². The molecule has 4 aromatic rings. The van der Waals surface area contributed by atoms with Crippen LogP contribution < -0.4 is 10.5 Å². The Kier molecular flexibility index (Phi) is 10.2. The summed E-state index contributed by atoms with van der Waals surface area (Å²) in [4.78, 5) is 29.1. The zero-order valence-corrected chi connectivity index (χ0v) is 29.7. The molecule has 14 heteroatoms. The Labute approximate surface area is 301 Å². The summed E-state index contributed by atoms with van der Waals surface area (Å²) in [5.74, 6) is 1.02. The molecule has 0 aliphatic carbocycles. The average molecular weight is 712 g/mol. The van der Waals surface area contributed by atoms with Gasteiger partial charge >= 0.3 is 0 Å². The van der Waals surface area contributed by atoms with Gasteiger partial charge in [-0.25, -0.2) is 19.0 Å². The minimum absolute atomic E-state index is 0.0968. The van der Waals surface area contributed by atoms with Crippen molar-refractivity contribution in [2.45, 2.75) is 44.3 Å². The van der Waals surface area contributed by atoms with E-state index in [1.54, 1.807) is 39.3 Å². The number of fused-ring (bicyclic) bond motifs is 1. The highest BCUT2D eigenvalue weighted by molar-refractivity contribution is 8.02. The van der Waals surface area contributed by atoms with Gasteiger partial charge in [-0.1, -0.05) is 18.2 Å². The van der Waals surface area contributed by atoms with E-state index in [9.17, 15) is 10.1 Å². The molecular weight excluding hydrogens is 670 g/mol. The highest BCUT2D eigenvalue weighted by atomic mass is 32.2. The molecule has 12 nitrogen and oxygen atoms in total. The first-order chi connectivity index (χ1) is 24.7. The van der Waals surface area contributed by atoms with Gasteiger partial charge in [0.2, 0.25) is 0 Å². The number of piperazine rings is 1. The number of piperidine rings is 1. The SMILES string of the molecule is CC(C)(CS/C=C(\C#N)C(=O)N1CCCC(n2nc(-c3ccc(Oc4ccccc4)cc3F)c3c(N)ncnc32)C1)N1CCN(C2COC2)CC1. The molecule has 3 aliphatic heterocycles. The van der Waals surface area contributed by atoms with Crippen LogP contribution in [0.4, 0.5) is 10.2 Å². The number of nitrogens with two attached hydrogens (primary N) is 1. The number of rotatable bonds is 10. The molecule has 5 heterocycles. The van der Waals surface area contributed by atoms with Gasteiger partial charge in [0.25, 0.3) is 5.91 Å². The van der Waals surface area contributed by atoms with Crippen LogP contribution in [0.25, 0.3) is 22.3 Å². The van der Waals surface area contributed by atoms with E-state index >= 15 is 4.39 Å². The summed E-state index contributed by atoms with van der Waals surface area (Å²) in [6.45, 7) is 10.9. The molecule has 1 atom stereocenters. The Balaban J connectivity index is 1.04. The number of hydrogen-bond donors (Lipinski definition) is 1. The number of nitriles is 1. The maximum atomic E-state index is 15.7. The van der Waals surface area contributed by atoms with E-state index in [4.69, 9.17) is 20.3 Å². The summed E-state index contributed by atoms with van der Waals surface area (Å²) in [6.07, 6.45) is 2.77. The van der Waals surface area contributed by atoms with Crippen LogP contribution >= 0.6 is 11.8 Å². The molecule has 0 spiro atoms. The van der Waals surface area contributed by atoms with E-state index < -0.39 is 5.82 Å². The van der Waals surface area contributed by atoms with Crippen molar-refractivity contribution >= 4 is 34.5 Å². The van der Waals surface area contributed by atoms with Gasteiger partial charge in [-0.3, -0.25) is 14.6 Å². The zero-order chi connectivity index (χ0) is 35.5. The second-order valence-electron chi connectivity index (χ2n) is 13.8. The summed E-state index contributed by atoms with van der Waals surface area (Å²) >= 11 is 1.51. The average Bonchev–Trinajstić information content (AvgIpc) is 3.51. The number of likely N-dealkylation sites (tertiary alicyclic amines) is 1. The van der Waals surface area contributed by atoms with Gasteiger partial charge in [-0.2, -0.15) is 10.4 Å². The first-order valence-electron chi connectivity index (χ1n) is 17.3. The fourth-order valence-electron chi connectivity index (χ4n) is 6.99. The van der Waals surface area contributed by atoms with Crippen molar-refractivity contribution in [3.05, 3.63) is 71.7 Å². The van der Waals surface area contributed by atoms with E-state index in [-0.39, 0.29) is 34.4 Å². The fraction of sp³-hybridized carbons (Fsp3) is 0.432. The molecule has 0 radical (unpaired) electrons. The smallest absolute Gasteiger partial charge is 0.265 e. The zero-order valence-electron chi connectivity index (χ0n) is 28.9. The quantitative estimate of drug-likeness (QED) is 0.174. The maximum absolute atomic E-state index is 15.7. The van der Waals surface area contributed by atoms with Gasteiger partial charge in [0.1, 0.15) is 46.8 Å². The van der Waals surface area contributed by atoms with Gasteiger partial charge in [0.05, 0.1) is 30.7 Å². The standard InChI is InChI=1S/C37H42FN9O3S/c1-37(2,46-15-13-44(14-16-46)27-20-49-21-27)23-51-22-25(18-39)36(48)45-12-6-7-26(19-45)47-35-32(34(40)41-24-42-35)33(43-47)30-11-10-29(17-31(30)38)50-28-8-4-3-5-9-28/h3-5,8-11,17,22,24,26-27H,6-7,12-16,19-21,23H2,1-2H3,(H2,40,41,42)/b25-22+. The predicted octanol–water partition coefficient (Wildman–Crippen LogP) is 5.11. The number of halogens is 1. The number of ether oxygens (including phenoxy) is 2. The van der Waals surface area contributed by atoms with Crippen molar-refractivity contribution in [2.24, 2.45) is 0 Å². The molecular formula is C37H42FN9O3S. The summed E-state index contributed by atoms with van der Waals surface area (Å²) in [6, 6.07) is 16.2. The molecule has 2 aromatic heterocycles. The van der Waals surface area contributed by atoms with Crippen molar-refractivity contribution in [1.82, 2.24) is 34.4 Å². The Morgan fingerprint density at radius 2 is 1.88 bits per heavy atom. The van der Waals surface area contributed by atoms with Crippen LogP contribution in [0.3, 0.4) is 0 Å². The van der Waals surface area contributed by atoms with Crippen molar-refractivity contribution < 1.29 is 18.7 Å². The largest absolute Gasteiger partial charge is 0.457 e. The number of carbonyl (C=O) groups is 1. The number of anilines is 1. The lowest BCUT2D eigenvalue weighted by atomic mass is 10.0. The van der Waals surface area contributed by atoms with Gasteiger partial charge in [-0.05, 0) is 56.4 Å². The molecule has 3 fully saturated rings. The van der Waals surface area contributed by atoms with Crippen molar-refractivity contribution in [3.8, 4) is 28.8 Å². The minimum atomic E-state index is -0.533. The number of thioether (sulfide) groups is 1. The molecule has 2 N–H and O–H groups in total. The molecule has 1 amide bonds. The van der Waals surface area contributed by atoms with Crippen LogP contribution in [0.1, 0.15) is 32.7 Å². The highest BCUT2D eigenvalue weighted by Crippen LogP contribution is 2.37. The lowest BCUT2D eigenvalue weighted by Crippen LogP contribution is -2.60. The van der Waals surface area contributed by atoms with Crippen LogP contribution in [0.15, 0.2) is 65.8 Å². The molecule has 1 unspecified atom stereocenters. The van der Waals surface area contributed by atoms with Crippen LogP contribution in [0.5, 0.6) is 11.5 Å². The number of aromatic nitrogens is 4. The summed E-state index contributed by atoms with van der Waals surface area (Å²) in [5, 5.41) is 17.0. The molecule has 0 saturated carbocycles. The lowest BCUT2D eigenvalue weighted by molar-refractivity contribution is -0.128. The van der Waals surface area contributed by atoms with Crippen molar-refractivity contribution in [2.75, 3.05) is 64.0 Å². The molecule has 3 aliphatic rings. The van der Waals surface area contributed by atoms with Gasteiger partial charge in [0, 0.05) is 62.2 Å². The fourth-order valence-corrected chi connectivity index (χ4v) is 7.99.